The molecule has 1 aliphatic heterocycles. The first-order valence-electron chi connectivity index (χ1n) is 7.82. The summed E-state index contributed by atoms with van der Waals surface area (Å²) in [6.45, 7) is 3.45. The van der Waals surface area contributed by atoms with Crippen LogP contribution in [0.25, 0.3) is 6.08 Å². The molecule has 7 heteroatoms. The van der Waals surface area contributed by atoms with E-state index in [2.05, 4.69) is 15.1 Å². The Morgan fingerprint density at radius 3 is 2.40 bits per heavy atom. The minimum absolute atomic E-state index is 0.126. The molecule has 1 aromatic carbocycles. The summed E-state index contributed by atoms with van der Waals surface area (Å²) in [4.78, 5) is 33.0. The van der Waals surface area contributed by atoms with Gasteiger partial charge in [0.15, 0.2) is 0 Å². The molecule has 3 rings (SSSR count). The summed E-state index contributed by atoms with van der Waals surface area (Å²) in [6, 6.07) is 9.21. The molecule has 1 N–H and O–H groups in total. The number of carbonyl (C=O) groups is 1. The van der Waals surface area contributed by atoms with Crippen LogP contribution in [-0.2, 0) is 4.79 Å². The fourth-order valence-electron chi connectivity index (χ4n) is 2.53. The zero-order chi connectivity index (χ0) is 18.1. The van der Waals surface area contributed by atoms with Crippen LogP contribution in [0.1, 0.15) is 18.2 Å². The largest absolute Gasteiger partial charge is 0.378 e. The highest BCUT2D eigenvalue weighted by Gasteiger charge is 2.30. The Labute approximate surface area is 145 Å². The number of aromatic nitrogens is 2. The number of rotatable bonds is 3. The predicted octanol–water partition coefficient (Wildman–Crippen LogP) is 1.95. The number of H-pyrrole nitrogens is 1. The molecule has 2 aromatic rings. The van der Waals surface area contributed by atoms with Gasteiger partial charge in [-0.3, -0.25) is 14.6 Å². The number of carbonyl (C=O) groups excluding carboxylic acids is 1. The van der Waals surface area contributed by atoms with Gasteiger partial charge in [0.25, 0.3) is 11.5 Å². The lowest BCUT2D eigenvalue weighted by molar-refractivity contribution is -0.114. The van der Waals surface area contributed by atoms with Crippen LogP contribution < -0.4 is 15.5 Å². The number of hydrogen-bond acceptors (Lipinski definition) is 5. The maximum atomic E-state index is 12.7. The van der Waals surface area contributed by atoms with E-state index in [0.29, 0.717) is 17.0 Å². The average molecular weight is 337 g/mol. The summed E-state index contributed by atoms with van der Waals surface area (Å²) in [7, 11) is 3.94. The second kappa shape index (κ2) is 6.35. The number of hydrazone groups is 1. The second-order valence-corrected chi connectivity index (χ2v) is 6.06. The van der Waals surface area contributed by atoms with Gasteiger partial charge in [-0.2, -0.15) is 10.1 Å². The van der Waals surface area contributed by atoms with Gasteiger partial charge in [-0.05, 0) is 37.6 Å². The molecule has 0 atom stereocenters. The quantitative estimate of drug-likeness (QED) is 0.868. The van der Waals surface area contributed by atoms with E-state index in [9.17, 15) is 9.59 Å². The van der Waals surface area contributed by atoms with E-state index < -0.39 is 0 Å². The molecule has 0 unspecified atom stereocenters. The molecule has 0 aliphatic carbocycles. The zero-order valence-electron chi connectivity index (χ0n) is 14.6. The summed E-state index contributed by atoms with van der Waals surface area (Å²) in [5, 5.41) is 5.37. The summed E-state index contributed by atoms with van der Waals surface area (Å²) in [6.07, 6.45) is 1.79. The van der Waals surface area contributed by atoms with Crippen LogP contribution in [0.2, 0.25) is 0 Å². The van der Waals surface area contributed by atoms with Crippen LogP contribution in [0, 0.1) is 6.92 Å². The third-order valence-electron chi connectivity index (χ3n) is 3.84. The highest BCUT2D eigenvalue weighted by molar-refractivity contribution is 6.31. The highest BCUT2D eigenvalue weighted by atomic mass is 16.2. The van der Waals surface area contributed by atoms with Crippen LogP contribution in [-0.4, -0.2) is 35.7 Å². The SMILES string of the molecule is CC1=NN(c2nc(C)cc(=O)[nH]2)C(=O)/C1=C\c1ccc(N(C)C)cc1. The number of hydrogen-bond donors (Lipinski definition) is 1. The molecule has 1 aliphatic rings. The summed E-state index contributed by atoms with van der Waals surface area (Å²) in [5.74, 6) is -0.191. The van der Waals surface area contributed by atoms with Gasteiger partial charge in [-0.15, -0.1) is 0 Å². The Hall–Kier alpha value is -3.22. The number of amides is 1. The third kappa shape index (κ3) is 3.35. The van der Waals surface area contributed by atoms with Crippen molar-refractivity contribution in [3.05, 3.63) is 57.5 Å². The molecule has 0 saturated heterocycles. The van der Waals surface area contributed by atoms with E-state index in [1.54, 1.807) is 19.9 Å². The lowest BCUT2D eigenvalue weighted by Crippen LogP contribution is -2.26. The number of aromatic amines is 1. The van der Waals surface area contributed by atoms with Gasteiger partial charge in [0, 0.05) is 31.5 Å². The van der Waals surface area contributed by atoms with Crippen molar-refractivity contribution in [2.45, 2.75) is 13.8 Å². The third-order valence-corrected chi connectivity index (χ3v) is 3.84. The molecule has 0 bridgehead atoms. The van der Waals surface area contributed by atoms with Gasteiger partial charge in [0.1, 0.15) is 0 Å². The summed E-state index contributed by atoms with van der Waals surface area (Å²) >= 11 is 0. The Morgan fingerprint density at radius 2 is 1.80 bits per heavy atom. The monoisotopic (exact) mass is 337 g/mol. The van der Waals surface area contributed by atoms with Crippen LogP contribution >= 0.6 is 0 Å². The van der Waals surface area contributed by atoms with Gasteiger partial charge in [0.2, 0.25) is 5.95 Å². The molecule has 7 nitrogen and oxygen atoms in total. The normalized spacial score (nSPS) is 15.7. The maximum Gasteiger partial charge on any atom is 0.283 e. The van der Waals surface area contributed by atoms with Crippen molar-refractivity contribution in [1.82, 2.24) is 9.97 Å². The first kappa shape index (κ1) is 16.6. The smallest absolute Gasteiger partial charge is 0.283 e. The van der Waals surface area contributed by atoms with Crippen molar-refractivity contribution in [1.29, 1.82) is 0 Å². The van der Waals surface area contributed by atoms with Gasteiger partial charge in [0.05, 0.1) is 11.3 Å². The Morgan fingerprint density at radius 1 is 1.12 bits per heavy atom. The first-order valence-corrected chi connectivity index (χ1v) is 7.82. The average Bonchev–Trinajstić information content (AvgIpc) is 2.82. The minimum atomic E-state index is -0.320. The Balaban J connectivity index is 1.93. The van der Waals surface area contributed by atoms with E-state index in [1.807, 2.05) is 43.3 Å². The lowest BCUT2D eigenvalue weighted by atomic mass is 10.1. The van der Waals surface area contributed by atoms with Crippen molar-refractivity contribution in [3.8, 4) is 0 Å². The van der Waals surface area contributed by atoms with Crippen molar-refractivity contribution in [2.24, 2.45) is 5.10 Å². The number of benzene rings is 1. The van der Waals surface area contributed by atoms with Gasteiger partial charge in [-0.1, -0.05) is 12.1 Å². The standard InChI is InChI=1S/C18H19N5O2/c1-11-9-16(24)20-18(19-11)23-17(25)15(12(2)21-23)10-13-5-7-14(8-6-13)22(3)4/h5-10H,1-4H3,(H,19,20,24)/b15-10-. The highest BCUT2D eigenvalue weighted by Crippen LogP contribution is 2.22. The van der Waals surface area contributed by atoms with E-state index in [-0.39, 0.29) is 17.4 Å². The summed E-state index contributed by atoms with van der Waals surface area (Å²) < 4.78 is 0. The molecule has 2 heterocycles. The van der Waals surface area contributed by atoms with Crippen LogP contribution in [0.5, 0.6) is 0 Å². The lowest BCUT2D eigenvalue weighted by Gasteiger charge is -2.12. The van der Waals surface area contributed by atoms with Gasteiger partial charge >= 0.3 is 0 Å². The number of nitrogens with one attached hydrogen (secondary N) is 1. The van der Waals surface area contributed by atoms with Gasteiger partial charge < -0.3 is 4.90 Å². The van der Waals surface area contributed by atoms with E-state index in [1.165, 1.54) is 6.07 Å². The molecule has 25 heavy (non-hydrogen) atoms. The first-order chi connectivity index (χ1) is 11.8. The molecule has 1 amide bonds. The molecule has 0 spiro atoms. The fourth-order valence-corrected chi connectivity index (χ4v) is 2.53. The van der Waals surface area contributed by atoms with E-state index >= 15 is 0 Å². The topological polar surface area (TPSA) is 81.7 Å². The second-order valence-electron chi connectivity index (χ2n) is 6.06. The Kier molecular flexibility index (Phi) is 4.22. The molecule has 0 fully saturated rings. The molecular weight excluding hydrogens is 318 g/mol. The number of aryl methyl sites for hydroxylation is 1. The van der Waals surface area contributed by atoms with Crippen molar-refractivity contribution < 1.29 is 4.79 Å². The maximum absolute atomic E-state index is 12.7. The predicted molar refractivity (Wildman–Crippen MR) is 98.9 cm³/mol. The van der Waals surface area contributed by atoms with E-state index in [0.717, 1.165) is 16.3 Å². The van der Waals surface area contributed by atoms with Crippen LogP contribution in [0.15, 0.2) is 45.8 Å². The summed E-state index contributed by atoms with van der Waals surface area (Å²) in [5.41, 5.74) is 3.23. The van der Waals surface area contributed by atoms with Crippen molar-refractivity contribution in [3.63, 3.8) is 0 Å². The molecule has 0 saturated carbocycles. The van der Waals surface area contributed by atoms with Crippen LogP contribution in [0.3, 0.4) is 0 Å². The van der Waals surface area contributed by atoms with Gasteiger partial charge in [-0.25, -0.2) is 4.98 Å². The number of nitrogens with zero attached hydrogens (tertiary/aromatic N) is 4. The molecule has 1 aromatic heterocycles. The molecule has 0 radical (unpaired) electrons. The van der Waals surface area contributed by atoms with E-state index in [4.69, 9.17) is 0 Å². The Bertz CT molecular complexity index is 939. The fraction of sp³-hybridized carbons (Fsp3) is 0.222. The van der Waals surface area contributed by atoms with Crippen molar-refractivity contribution >= 4 is 29.3 Å². The zero-order valence-corrected chi connectivity index (χ0v) is 14.6. The van der Waals surface area contributed by atoms with Crippen molar-refractivity contribution in [2.75, 3.05) is 24.0 Å². The molecule has 128 valence electrons. The minimum Gasteiger partial charge on any atom is -0.378 e. The molecular formula is C18H19N5O2. The number of anilines is 2. The van der Waals surface area contributed by atoms with Crippen LogP contribution in [0.4, 0.5) is 11.6 Å².